The topological polar surface area (TPSA) is 21.3 Å². The zero-order valence-corrected chi connectivity index (χ0v) is 10.0. The van der Waals surface area contributed by atoms with Crippen molar-refractivity contribution >= 4 is 5.69 Å². The van der Waals surface area contributed by atoms with E-state index in [2.05, 4.69) is 23.5 Å². The summed E-state index contributed by atoms with van der Waals surface area (Å²) in [6, 6.07) is 18.3. The Morgan fingerprint density at radius 3 is 2.41 bits per heavy atom. The van der Waals surface area contributed by atoms with E-state index < -0.39 is 0 Å². The summed E-state index contributed by atoms with van der Waals surface area (Å²) in [6.07, 6.45) is 0. The van der Waals surface area contributed by atoms with E-state index in [1.54, 1.807) is 0 Å². The van der Waals surface area contributed by atoms with Gasteiger partial charge in [0, 0.05) is 17.8 Å². The molecular weight excluding hydrogens is 210 g/mol. The molecule has 0 atom stereocenters. The number of hydrogen-bond acceptors (Lipinski definition) is 2. The number of rotatable bonds is 5. The van der Waals surface area contributed by atoms with Crippen LogP contribution < -0.4 is 10.1 Å². The van der Waals surface area contributed by atoms with Gasteiger partial charge in [-0.25, -0.2) is 0 Å². The van der Waals surface area contributed by atoms with Crippen molar-refractivity contribution in [3.05, 3.63) is 60.2 Å². The summed E-state index contributed by atoms with van der Waals surface area (Å²) < 4.78 is 5.59. The maximum Gasteiger partial charge on any atom is 0.124 e. The second kappa shape index (κ2) is 5.94. The van der Waals surface area contributed by atoms with Crippen LogP contribution in [0.3, 0.4) is 0 Å². The molecule has 0 saturated carbocycles. The summed E-state index contributed by atoms with van der Waals surface area (Å²) in [6.45, 7) is 3.48. The Morgan fingerprint density at radius 1 is 0.941 bits per heavy atom. The largest absolute Gasteiger partial charge is 0.494 e. The molecule has 2 rings (SSSR count). The smallest absolute Gasteiger partial charge is 0.124 e. The average molecular weight is 227 g/mol. The highest BCUT2D eigenvalue weighted by atomic mass is 16.5. The summed E-state index contributed by atoms with van der Waals surface area (Å²) in [4.78, 5) is 0. The Kier molecular flexibility index (Phi) is 4.03. The average Bonchev–Trinajstić information content (AvgIpc) is 2.39. The van der Waals surface area contributed by atoms with E-state index in [4.69, 9.17) is 4.74 Å². The fourth-order valence-corrected chi connectivity index (χ4v) is 1.70. The van der Waals surface area contributed by atoms with Crippen LogP contribution in [0, 0.1) is 0 Å². The van der Waals surface area contributed by atoms with E-state index in [1.165, 1.54) is 5.56 Å². The lowest BCUT2D eigenvalue weighted by molar-refractivity contribution is 0.337. The van der Waals surface area contributed by atoms with Crippen LogP contribution >= 0.6 is 0 Å². The summed E-state index contributed by atoms with van der Waals surface area (Å²) in [5.41, 5.74) is 2.30. The Hall–Kier alpha value is -1.96. The molecular formula is C15H17NO. The molecule has 0 aliphatic rings. The molecule has 0 unspecified atom stereocenters. The van der Waals surface area contributed by atoms with Crippen LogP contribution in [-0.4, -0.2) is 6.61 Å². The molecule has 2 nitrogen and oxygen atoms in total. The normalized spacial score (nSPS) is 9.94. The molecule has 88 valence electrons. The quantitative estimate of drug-likeness (QED) is 0.841. The van der Waals surface area contributed by atoms with Crippen molar-refractivity contribution in [3.63, 3.8) is 0 Å². The van der Waals surface area contributed by atoms with Crippen LogP contribution in [0.4, 0.5) is 5.69 Å². The summed E-state index contributed by atoms with van der Waals surface area (Å²) in [5, 5.41) is 3.38. The highest BCUT2D eigenvalue weighted by Gasteiger charge is 2.01. The lowest BCUT2D eigenvalue weighted by atomic mass is 10.2. The van der Waals surface area contributed by atoms with E-state index in [0.717, 1.165) is 18.0 Å². The molecule has 2 aromatic rings. The van der Waals surface area contributed by atoms with Gasteiger partial charge in [0.1, 0.15) is 5.75 Å². The second-order valence-electron chi connectivity index (χ2n) is 3.76. The minimum absolute atomic E-state index is 0.697. The molecule has 0 fully saturated rings. The first-order valence-electron chi connectivity index (χ1n) is 5.90. The maximum atomic E-state index is 5.59. The molecule has 0 spiro atoms. The van der Waals surface area contributed by atoms with Gasteiger partial charge in [-0.3, -0.25) is 0 Å². The molecule has 0 radical (unpaired) electrons. The molecule has 0 aliphatic carbocycles. The third-order valence-electron chi connectivity index (χ3n) is 2.53. The van der Waals surface area contributed by atoms with Crippen LogP contribution in [-0.2, 0) is 6.54 Å². The van der Waals surface area contributed by atoms with Crippen LogP contribution in [0.15, 0.2) is 54.6 Å². The van der Waals surface area contributed by atoms with Gasteiger partial charge in [0.2, 0.25) is 0 Å². The highest BCUT2D eigenvalue weighted by molar-refractivity contribution is 5.44. The van der Waals surface area contributed by atoms with Gasteiger partial charge < -0.3 is 10.1 Å². The van der Waals surface area contributed by atoms with Gasteiger partial charge in [-0.1, -0.05) is 36.4 Å². The van der Waals surface area contributed by atoms with Crippen molar-refractivity contribution in [3.8, 4) is 5.75 Å². The van der Waals surface area contributed by atoms with Gasteiger partial charge in [-0.15, -0.1) is 0 Å². The van der Waals surface area contributed by atoms with Crippen molar-refractivity contribution in [2.24, 2.45) is 0 Å². The van der Waals surface area contributed by atoms with Gasteiger partial charge in [-0.2, -0.15) is 0 Å². The molecule has 0 bridgehead atoms. The first kappa shape index (κ1) is 11.5. The standard InChI is InChI=1S/C15H17NO/c1-2-17-15-11-7-6-8-13(15)12-16-14-9-4-3-5-10-14/h3-11,16H,2,12H2,1H3. The van der Waals surface area contributed by atoms with Crippen molar-refractivity contribution in [2.75, 3.05) is 11.9 Å². The van der Waals surface area contributed by atoms with Gasteiger partial charge in [0.15, 0.2) is 0 Å². The number of anilines is 1. The van der Waals surface area contributed by atoms with Crippen molar-refractivity contribution < 1.29 is 4.74 Å². The maximum absolute atomic E-state index is 5.59. The predicted molar refractivity (Wildman–Crippen MR) is 71.4 cm³/mol. The number of hydrogen-bond donors (Lipinski definition) is 1. The minimum Gasteiger partial charge on any atom is -0.494 e. The van der Waals surface area contributed by atoms with Gasteiger partial charge in [-0.05, 0) is 25.1 Å². The summed E-state index contributed by atoms with van der Waals surface area (Å²) in [7, 11) is 0. The Balaban J connectivity index is 2.03. The molecule has 1 N–H and O–H groups in total. The first-order valence-corrected chi connectivity index (χ1v) is 5.90. The van der Waals surface area contributed by atoms with Crippen LogP contribution in [0.25, 0.3) is 0 Å². The van der Waals surface area contributed by atoms with E-state index in [1.807, 2.05) is 43.3 Å². The van der Waals surface area contributed by atoms with Crippen LogP contribution in [0.2, 0.25) is 0 Å². The third kappa shape index (κ3) is 3.25. The lowest BCUT2D eigenvalue weighted by Gasteiger charge is -2.11. The van der Waals surface area contributed by atoms with Gasteiger partial charge in [0.05, 0.1) is 6.61 Å². The van der Waals surface area contributed by atoms with E-state index in [0.29, 0.717) is 6.61 Å². The molecule has 0 aromatic heterocycles. The first-order chi connectivity index (χ1) is 8.40. The zero-order valence-electron chi connectivity index (χ0n) is 10.0. The summed E-state index contributed by atoms with van der Waals surface area (Å²) >= 11 is 0. The van der Waals surface area contributed by atoms with E-state index in [-0.39, 0.29) is 0 Å². The third-order valence-corrected chi connectivity index (χ3v) is 2.53. The molecule has 0 aliphatic heterocycles. The second-order valence-corrected chi connectivity index (χ2v) is 3.76. The highest BCUT2D eigenvalue weighted by Crippen LogP contribution is 2.19. The fourth-order valence-electron chi connectivity index (χ4n) is 1.70. The van der Waals surface area contributed by atoms with E-state index >= 15 is 0 Å². The molecule has 0 amide bonds. The Morgan fingerprint density at radius 2 is 1.65 bits per heavy atom. The number of nitrogens with one attached hydrogen (secondary N) is 1. The molecule has 0 saturated heterocycles. The molecule has 17 heavy (non-hydrogen) atoms. The van der Waals surface area contributed by atoms with Crippen molar-refractivity contribution in [1.29, 1.82) is 0 Å². The minimum atomic E-state index is 0.697. The summed E-state index contributed by atoms with van der Waals surface area (Å²) in [5.74, 6) is 0.957. The zero-order chi connectivity index (χ0) is 11.9. The SMILES string of the molecule is CCOc1ccccc1CNc1ccccc1. The Labute approximate surface area is 102 Å². The molecule has 2 heteroatoms. The number of para-hydroxylation sites is 2. The van der Waals surface area contributed by atoms with Crippen LogP contribution in [0.1, 0.15) is 12.5 Å². The molecule has 2 aromatic carbocycles. The van der Waals surface area contributed by atoms with Gasteiger partial charge >= 0.3 is 0 Å². The lowest BCUT2D eigenvalue weighted by Crippen LogP contribution is -2.02. The Bertz CT molecular complexity index is 453. The predicted octanol–water partition coefficient (Wildman–Crippen LogP) is 3.70. The van der Waals surface area contributed by atoms with Crippen molar-refractivity contribution in [1.82, 2.24) is 0 Å². The van der Waals surface area contributed by atoms with E-state index in [9.17, 15) is 0 Å². The number of benzene rings is 2. The van der Waals surface area contributed by atoms with Crippen molar-refractivity contribution in [2.45, 2.75) is 13.5 Å². The number of ether oxygens (including phenoxy) is 1. The monoisotopic (exact) mass is 227 g/mol. The molecule has 0 heterocycles. The van der Waals surface area contributed by atoms with Gasteiger partial charge in [0.25, 0.3) is 0 Å². The fraction of sp³-hybridized carbons (Fsp3) is 0.200. The van der Waals surface area contributed by atoms with Crippen LogP contribution in [0.5, 0.6) is 5.75 Å².